The summed E-state index contributed by atoms with van der Waals surface area (Å²) in [7, 11) is 0. The molecular formula is C16H24N2O. The van der Waals surface area contributed by atoms with E-state index in [2.05, 4.69) is 12.1 Å². The van der Waals surface area contributed by atoms with Crippen LogP contribution in [0.25, 0.3) is 0 Å². The summed E-state index contributed by atoms with van der Waals surface area (Å²) in [5.41, 5.74) is 6.81. The normalized spacial score (nSPS) is 26.8. The fourth-order valence-electron chi connectivity index (χ4n) is 3.15. The van der Waals surface area contributed by atoms with Gasteiger partial charge in [0.2, 0.25) is 5.91 Å². The first-order valence-corrected chi connectivity index (χ1v) is 7.18. The van der Waals surface area contributed by atoms with Crippen molar-refractivity contribution in [2.45, 2.75) is 38.6 Å². The first kappa shape index (κ1) is 14.1. The molecule has 3 heteroatoms. The average molecular weight is 260 g/mol. The summed E-state index contributed by atoms with van der Waals surface area (Å²) in [6, 6.07) is 10.2. The summed E-state index contributed by atoms with van der Waals surface area (Å²) >= 11 is 0. The highest BCUT2D eigenvalue weighted by atomic mass is 16.2. The molecular weight excluding hydrogens is 236 g/mol. The van der Waals surface area contributed by atoms with Crippen LogP contribution in [-0.2, 0) is 10.2 Å². The second kappa shape index (κ2) is 5.33. The van der Waals surface area contributed by atoms with Gasteiger partial charge in [-0.1, -0.05) is 30.3 Å². The van der Waals surface area contributed by atoms with Crippen LogP contribution in [0.1, 0.15) is 32.8 Å². The summed E-state index contributed by atoms with van der Waals surface area (Å²) < 4.78 is 0. The van der Waals surface area contributed by atoms with Crippen LogP contribution >= 0.6 is 0 Å². The van der Waals surface area contributed by atoms with Crippen LogP contribution in [0.3, 0.4) is 0 Å². The van der Waals surface area contributed by atoms with E-state index in [4.69, 9.17) is 5.73 Å². The standard InChI is InChI=1S/C16H24N2O/c1-4-18(5-2)15(19)16(11-14(16)12(3)17)13-9-7-6-8-10-13/h6-10,12,14H,4-5,11,17H2,1-3H3/t12-,14+,16-/m1/s1. The van der Waals surface area contributed by atoms with Crippen molar-refractivity contribution in [1.29, 1.82) is 0 Å². The van der Waals surface area contributed by atoms with E-state index in [0.717, 1.165) is 25.1 Å². The SMILES string of the molecule is CCN(CC)C(=O)[C@@]1(c2ccccc2)C[C@H]1[C@@H](C)N. The second-order valence-corrected chi connectivity index (χ2v) is 5.48. The molecule has 3 atom stereocenters. The van der Waals surface area contributed by atoms with Crippen LogP contribution in [0.5, 0.6) is 0 Å². The molecule has 1 fully saturated rings. The molecule has 1 aromatic carbocycles. The van der Waals surface area contributed by atoms with Crippen LogP contribution in [0, 0.1) is 5.92 Å². The van der Waals surface area contributed by atoms with Crippen molar-refractivity contribution in [1.82, 2.24) is 4.90 Å². The van der Waals surface area contributed by atoms with E-state index < -0.39 is 0 Å². The largest absolute Gasteiger partial charge is 0.342 e. The minimum Gasteiger partial charge on any atom is -0.342 e. The van der Waals surface area contributed by atoms with Crippen molar-refractivity contribution >= 4 is 5.91 Å². The number of nitrogens with zero attached hydrogens (tertiary/aromatic N) is 1. The van der Waals surface area contributed by atoms with Crippen LogP contribution in [0.4, 0.5) is 0 Å². The zero-order valence-electron chi connectivity index (χ0n) is 12.1. The molecule has 0 unspecified atom stereocenters. The number of nitrogens with two attached hydrogens (primary N) is 1. The van der Waals surface area contributed by atoms with E-state index in [0.29, 0.717) is 0 Å². The van der Waals surface area contributed by atoms with Gasteiger partial charge in [0.15, 0.2) is 0 Å². The first-order valence-electron chi connectivity index (χ1n) is 7.18. The predicted molar refractivity (Wildman–Crippen MR) is 77.8 cm³/mol. The number of hydrogen-bond donors (Lipinski definition) is 1. The van der Waals surface area contributed by atoms with E-state index in [-0.39, 0.29) is 23.3 Å². The lowest BCUT2D eigenvalue weighted by atomic mass is 9.89. The fraction of sp³-hybridized carbons (Fsp3) is 0.562. The molecule has 0 radical (unpaired) electrons. The zero-order valence-corrected chi connectivity index (χ0v) is 12.1. The lowest BCUT2D eigenvalue weighted by molar-refractivity contribution is -0.134. The maximum Gasteiger partial charge on any atom is 0.233 e. The Morgan fingerprint density at radius 1 is 1.37 bits per heavy atom. The number of carbonyl (C=O) groups is 1. The Morgan fingerprint density at radius 3 is 2.37 bits per heavy atom. The monoisotopic (exact) mass is 260 g/mol. The average Bonchev–Trinajstić information content (AvgIpc) is 3.18. The molecule has 2 N–H and O–H groups in total. The smallest absolute Gasteiger partial charge is 0.233 e. The van der Waals surface area contributed by atoms with Crippen LogP contribution in [0.15, 0.2) is 30.3 Å². The molecule has 1 aromatic rings. The van der Waals surface area contributed by atoms with Crippen LogP contribution in [0.2, 0.25) is 0 Å². The highest BCUT2D eigenvalue weighted by molar-refractivity contribution is 5.92. The van der Waals surface area contributed by atoms with Gasteiger partial charge in [-0.3, -0.25) is 4.79 Å². The van der Waals surface area contributed by atoms with Gasteiger partial charge < -0.3 is 10.6 Å². The molecule has 2 rings (SSSR count). The van der Waals surface area contributed by atoms with Gasteiger partial charge in [-0.05, 0) is 38.7 Å². The van der Waals surface area contributed by atoms with Gasteiger partial charge in [0.1, 0.15) is 0 Å². The second-order valence-electron chi connectivity index (χ2n) is 5.48. The molecule has 0 aromatic heterocycles. The summed E-state index contributed by atoms with van der Waals surface area (Å²) in [5, 5.41) is 0. The maximum atomic E-state index is 12.9. The molecule has 0 saturated heterocycles. The Morgan fingerprint density at radius 2 is 1.95 bits per heavy atom. The van der Waals surface area contributed by atoms with E-state index in [1.54, 1.807) is 0 Å². The van der Waals surface area contributed by atoms with Gasteiger partial charge in [-0.2, -0.15) is 0 Å². The Kier molecular flexibility index (Phi) is 3.95. The summed E-state index contributed by atoms with van der Waals surface area (Å²) in [6.07, 6.45) is 0.879. The minimum atomic E-state index is -0.374. The van der Waals surface area contributed by atoms with Crippen LogP contribution in [-0.4, -0.2) is 29.9 Å². The van der Waals surface area contributed by atoms with E-state index >= 15 is 0 Å². The van der Waals surface area contributed by atoms with E-state index in [1.807, 2.05) is 43.9 Å². The molecule has 0 heterocycles. The number of rotatable bonds is 5. The van der Waals surface area contributed by atoms with Gasteiger partial charge in [0.25, 0.3) is 0 Å². The minimum absolute atomic E-state index is 0.0553. The lowest BCUT2D eigenvalue weighted by Crippen LogP contribution is -2.42. The van der Waals surface area contributed by atoms with Crippen molar-refractivity contribution < 1.29 is 4.79 Å². The van der Waals surface area contributed by atoms with Crippen molar-refractivity contribution in [2.75, 3.05) is 13.1 Å². The Bertz CT molecular complexity index is 439. The van der Waals surface area contributed by atoms with Gasteiger partial charge >= 0.3 is 0 Å². The quantitative estimate of drug-likeness (QED) is 0.882. The molecule has 19 heavy (non-hydrogen) atoms. The number of benzene rings is 1. The maximum absolute atomic E-state index is 12.9. The molecule has 104 valence electrons. The third-order valence-electron chi connectivity index (χ3n) is 4.37. The van der Waals surface area contributed by atoms with Crippen molar-refractivity contribution in [3.8, 4) is 0 Å². The molecule has 0 spiro atoms. The van der Waals surface area contributed by atoms with Crippen LogP contribution < -0.4 is 5.73 Å². The third kappa shape index (κ3) is 2.27. The summed E-state index contributed by atoms with van der Waals surface area (Å²) in [6.45, 7) is 7.59. The Hall–Kier alpha value is -1.35. The highest BCUT2D eigenvalue weighted by Gasteiger charge is 2.62. The molecule has 1 aliphatic rings. The Labute approximate surface area is 115 Å². The van der Waals surface area contributed by atoms with Gasteiger partial charge in [-0.15, -0.1) is 0 Å². The molecule has 1 amide bonds. The molecule has 3 nitrogen and oxygen atoms in total. The number of amides is 1. The molecule has 1 aliphatic carbocycles. The van der Waals surface area contributed by atoms with Gasteiger partial charge in [0, 0.05) is 19.1 Å². The van der Waals surface area contributed by atoms with Gasteiger partial charge in [-0.25, -0.2) is 0 Å². The highest BCUT2D eigenvalue weighted by Crippen LogP contribution is 2.56. The molecule has 0 bridgehead atoms. The van der Waals surface area contributed by atoms with Gasteiger partial charge in [0.05, 0.1) is 5.41 Å². The van der Waals surface area contributed by atoms with Crippen molar-refractivity contribution in [2.24, 2.45) is 11.7 Å². The van der Waals surface area contributed by atoms with E-state index in [1.165, 1.54) is 0 Å². The number of hydrogen-bond acceptors (Lipinski definition) is 2. The fourth-order valence-corrected chi connectivity index (χ4v) is 3.15. The summed E-state index contributed by atoms with van der Waals surface area (Å²) in [5.74, 6) is 0.508. The van der Waals surface area contributed by atoms with E-state index in [9.17, 15) is 4.79 Å². The topological polar surface area (TPSA) is 46.3 Å². The number of carbonyl (C=O) groups excluding carboxylic acids is 1. The predicted octanol–water partition coefficient (Wildman–Crippen LogP) is 2.16. The third-order valence-corrected chi connectivity index (χ3v) is 4.37. The van der Waals surface area contributed by atoms with Crippen molar-refractivity contribution in [3.63, 3.8) is 0 Å². The first-order chi connectivity index (χ1) is 9.07. The lowest BCUT2D eigenvalue weighted by Gasteiger charge is -2.27. The molecule has 1 saturated carbocycles. The molecule has 0 aliphatic heterocycles. The van der Waals surface area contributed by atoms with Crippen molar-refractivity contribution in [3.05, 3.63) is 35.9 Å². The Balaban J connectivity index is 2.36. The summed E-state index contributed by atoms with van der Waals surface area (Å²) in [4.78, 5) is 14.8. The number of likely N-dealkylation sites (N-methyl/N-ethyl adjacent to an activating group) is 1. The zero-order chi connectivity index (χ0) is 14.0.